The highest BCUT2D eigenvalue weighted by Crippen LogP contribution is 2.35. The first-order valence-corrected chi connectivity index (χ1v) is 10.5. The second-order valence-electron chi connectivity index (χ2n) is 7.63. The molecular formula is C26H21N5O. The van der Waals surface area contributed by atoms with Crippen LogP contribution in [-0.4, -0.2) is 21.7 Å². The minimum atomic E-state index is 0.774. The van der Waals surface area contributed by atoms with E-state index in [1.54, 1.807) is 0 Å². The van der Waals surface area contributed by atoms with Gasteiger partial charge >= 0.3 is 0 Å². The topological polar surface area (TPSA) is 45.6 Å². The zero-order chi connectivity index (χ0) is 21.5. The van der Waals surface area contributed by atoms with Crippen molar-refractivity contribution in [3.8, 4) is 17.3 Å². The predicted molar refractivity (Wildman–Crippen MR) is 128 cm³/mol. The van der Waals surface area contributed by atoms with Gasteiger partial charge in [-0.05, 0) is 42.5 Å². The molecule has 0 fully saturated rings. The summed E-state index contributed by atoms with van der Waals surface area (Å²) in [6.07, 6.45) is 5.68. The molecule has 0 aliphatic carbocycles. The fourth-order valence-electron chi connectivity index (χ4n) is 4.21. The van der Waals surface area contributed by atoms with Gasteiger partial charge in [0.2, 0.25) is 0 Å². The Labute approximate surface area is 185 Å². The molecule has 0 amide bonds. The largest absolute Gasteiger partial charge is 0.457 e. The summed E-state index contributed by atoms with van der Waals surface area (Å²) in [7, 11) is 1.96. The molecule has 3 heterocycles. The lowest BCUT2D eigenvalue weighted by atomic mass is 10.1. The standard InChI is InChI=1S/C26H21N5O/c1-29-28-15-16-30(29)19-7-6-8-20(17-19)32-21-12-13-23-22-9-2-3-10-24(22)31(25(23)18-21)26-11-4-5-14-27-26/h2-18,28H,1H3. The van der Waals surface area contributed by atoms with Crippen molar-refractivity contribution in [1.29, 1.82) is 0 Å². The van der Waals surface area contributed by atoms with Crippen LogP contribution in [0.2, 0.25) is 0 Å². The van der Waals surface area contributed by atoms with E-state index in [4.69, 9.17) is 4.74 Å². The number of anilines is 1. The third-order valence-corrected chi connectivity index (χ3v) is 5.64. The van der Waals surface area contributed by atoms with Gasteiger partial charge in [0.05, 0.1) is 16.7 Å². The number of aromatic nitrogens is 2. The molecule has 6 rings (SSSR count). The smallest absolute Gasteiger partial charge is 0.137 e. The normalized spacial score (nSPS) is 13.7. The molecule has 0 bridgehead atoms. The van der Waals surface area contributed by atoms with Gasteiger partial charge in [-0.25, -0.2) is 4.98 Å². The molecule has 0 unspecified atom stereocenters. The van der Waals surface area contributed by atoms with Crippen LogP contribution in [0.1, 0.15) is 0 Å². The third-order valence-electron chi connectivity index (χ3n) is 5.64. The maximum Gasteiger partial charge on any atom is 0.137 e. The number of hydrogen-bond donors (Lipinski definition) is 1. The van der Waals surface area contributed by atoms with E-state index in [1.165, 1.54) is 10.8 Å². The molecule has 0 saturated heterocycles. The van der Waals surface area contributed by atoms with Crippen molar-refractivity contribution in [1.82, 2.24) is 20.1 Å². The van der Waals surface area contributed by atoms with Gasteiger partial charge in [-0.3, -0.25) is 9.58 Å². The van der Waals surface area contributed by atoms with Crippen molar-refractivity contribution >= 4 is 27.5 Å². The van der Waals surface area contributed by atoms with Crippen LogP contribution < -0.4 is 15.2 Å². The minimum Gasteiger partial charge on any atom is -0.457 e. The van der Waals surface area contributed by atoms with Gasteiger partial charge in [0.1, 0.15) is 17.3 Å². The summed E-state index contributed by atoms with van der Waals surface area (Å²) < 4.78 is 8.47. The summed E-state index contributed by atoms with van der Waals surface area (Å²) in [5.74, 6) is 2.43. The summed E-state index contributed by atoms with van der Waals surface area (Å²) >= 11 is 0. The van der Waals surface area contributed by atoms with Crippen molar-refractivity contribution in [3.05, 3.63) is 104 Å². The van der Waals surface area contributed by atoms with Crippen LogP contribution in [0.5, 0.6) is 11.5 Å². The number of para-hydroxylation sites is 1. The number of fused-ring (bicyclic) bond motifs is 3. The number of pyridine rings is 1. The number of hydrazine groups is 2. The lowest BCUT2D eigenvalue weighted by Crippen LogP contribution is -2.37. The van der Waals surface area contributed by atoms with Crippen molar-refractivity contribution in [3.63, 3.8) is 0 Å². The summed E-state index contributed by atoms with van der Waals surface area (Å²) in [6, 6.07) is 28.6. The van der Waals surface area contributed by atoms with Crippen LogP contribution in [0.15, 0.2) is 104 Å². The Hall–Kier alpha value is -4.29. The Morgan fingerprint density at radius 3 is 2.47 bits per heavy atom. The molecule has 32 heavy (non-hydrogen) atoms. The van der Waals surface area contributed by atoms with E-state index in [1.807, 2.05) is 84.3 Å². The average molecular weight is 419 g/mol. The van der Waals surface area contributed by atoms with E-state index < -0.39 is 0 Å². The molecule has 1 aliphatic rings. The van der Waals surface area contributed by atoms with E-state index in [0.29, 0.717) is 0 Å². The molecular weight excluding hydrogens is 398 g/mol. The van der Waals surface area contributed by atoms with Gasteiger partial charge in [-0.1, -0.05) is 30.3 Å². The monoisotopic (exact) mass is 419 g/mol. The van der Waals surface area contributed by atoms with Gasteiger partial charge in [0, 0.05) is 48.5 Å². The van der Waals surface area contributed by atoms with E-state index in [-0.39, 0.29) is 0 Å². The number of benzene rings is 3. The molecule has 0 radical (unpaired) electrons. The van der Waals surface area contributed by atoms with Crippen LogP contribution in [0.25, 0.3) is 27.6 Å². The van der Waals surface area contributed by atoms with Gasteiger partial charge in [0.25, 0.3) is 0 Å². The number of ether oxygens (including phenoxy) is 1. The molecule has 0 spiro atoms. The van der Waals surface area contributed by atoms with Crippen molar-refractivity contribution in [2.24, 2.45) is 0 Å². The molecule has 1 N–H and O–H groups in total. The van der Waals surface area contributed by atoms with Crippen LogP contribution in [0.4, 0.5) is 5.69 Å². The summed E-state index contributed by atoms with van der Waals surface area (Å²) in [5, 5.41) is 6.27. The number of hydrogen-bond acceptors (Lipinski definition) is 5. The number of rotatable bonds is 4. The van der Waals surface area contributed by atoms with Gasteiger partial charge < -0.3 is 10.2 Å². The van der Waals surface area contributed by atoms with E-state index in [9.17, 15) is 0 Å². The lowest BCUT2D eigenvalue weighted by Gasteiger charge is -2.24. The summed E-state index contributed by atoms with van der Waals surface area (Å²) in [6.45, 7) is 0. The Morgan fingerprint density at radius 2 is 1.62 bits per heavy atom. The lowest BCUT2D eigenvalue weighted by molar-refractivity contribution is 0.302. The first kappa shape index (κ1) is 18.5. The fourth-order valence-corrected chi connectivity index (χ4v) is 4.21. The van der Waals surface area contributed by atoms with E-state index >= 15 is 0 Å². The average Bonchev–Trinajstić information content (AvgIpc) is 3.40. The van der Waals surface area contributed by atoms with Crippen LogP contribution in [0.3, 0.4) is 0 Å². The third kappa shape index (κ3) is 3.05. The zero-order valence-corrected chi connectivity index (χ0v) is 17.5. The molecule has 5 aromatic rings. The number of nitrogens with zero attached hydrogens (tertiary/aromatic N) is 4. The Morgan fingerprint density at radius 1 is 0.781 bits per heavy atom. The SMILES string of the molecule is CN1NC=CN1c1cccc(Oc2ccc3c4ccccc4n(-c4ccccn4)c3c2)c1. The molecule has 156 valence electrons. The highest BCUT2D eigenvalue weighted by atomic mass is 16.5. The van der Waals surface area contributed by atoms with Crippen molar-refractivity contribution < 1.29 is 4.74 Å². The van der Waals surface area contributed by atoms with Crippen molar-refractivity contribution in [2.75, 3.05) is 12.1 Å². The van der Waals surface area contributed by atoms with E-state index in [2.05, 4.69) is 51.4 Å². The van der Waals surface area contributed by atoms with E-state index in [0.717, 1.165) is 34.0 Å². The first-order valence-electron chi connectivity index (χ1n) is 10.5. The second-order valence-corrected chi connectivity index (χ2v) is 7.63. The first-order chi connectivity index (χ1) is 15.8. The van der Waals surface area contributed by atoms with Crippen LogP contribution in [-0.2, 0) is 0 Å². The van der Waals surface area contributed by atoms with Gasteiger partial charge in [-0.2, -0.15) is 0 Å². The van der Waals surface area contributed by atoms with Gasteiger partial charge in [-0.15, -0.1) is 5.12 Å². The molecule has 6 nitrogen and oxygen atoms in total. The van der Waals surface area contributed by atoms with Crippen LogP contribution in [0, 0.1) is 0 Å². The molecule has 0 saturated carbocycles. The maximum atomic E-state index is 6.29. The Kier molecular flexibility index (Phi) is 4.30. The molecule has 3 aromatic carbocycles. The Balaban J connectivity index is 1.44. The highest BCUT2D eigenvalue weighted by Gasteiger charge is 2.15. The summed E-state index contributed by atoms with van der Waals surface area (Å²) in [5.41, 5.74) is 6.31. The molecule has 6 heteroatoms. The zero-order valence-electron chi connectivity index (χ0n) is 17.5. The molecule has 0 atom stereocenters. The summed E-state index contributed by atoms with van der Waals surface area (Å²) in [4.78, 5) is 4.60. The number of nitrogens with one attached hydrogen (secondary N) is 1. The second kappa shape index (κ2) is 7.44. The van der Waals surface area contributed by atoms with Crippen LogP contribution >= 0.6 is 0 Å². The molecule has 1 aliphatic heterocycles. The quantitative estimate of drug-likeness (QED) is 0.410. The Bertz CT molecular complexity index is 1460. The molecule has 2 aromatic heterocycles. The highest BCUT2D eigenvalue weighted by molar-refractivity contribution is 6.09. The van der Waals surface area contributed by atoms with Gasteiger partial charge in [0.15, 0.2) is 0 Å². The minimum absolute atomic E-state index is 0.774. The van der Waals surface area contributed by atoms with Crippen molar-refractivity contribution in [2.45, 2.75) is 0 Å². The predicted octanol–water partition coefficient (Wildman–Crippen LogP) is 5.61. The maximum absolute atomic E-state index is 6.29. The fraction of sp³-hybridized carbons (Fsp3) is 0.0385.